The second-order valence-electron chi connectivity index (χ2n) is 4.63. The van der Waals surface area contributed by atoms with Gasteiger partial charge in [-0.1, -0.05) is 0 Å². The Hall–Kier alpha value is -1.16. The molecule has 0 aromatic heterocycles. The lowest BCUT2D eigenvalue weighted by Crippen LogP contribution is -2.34. The summed E-state index contributed by atoms with van der Waals surface area (Å²) in [5.74, 6) is -0.532. The lowest BCUT2D eigenvalue weighted by atomic mass is 9.86. The maximum Gasteiger partial charge on any atom is 0.310 e. The van der Waals surface area contributed by atoms with Gasteiger partial charge in [0, 0.05) is 10.1 Å². The van der Waals surface area contributed by atoms with Crippen LogP contribution in [0.25, 0.3) is 0 Å². The zero-order valence-electron chi connectivity index (χ0n) is 9.23. The minimum atomic E-state index is -0.776. The number of carboxylic acids is 1. The Kier molecular flexibility index (Phi) is 2.62. The van der Waals surface area contributed by atoms with Crippen molar-refractivity contribution < 1.29 is 15.0 Å². The third-order valence-electron chi connectivity index (χ3n) is 3.07. The summed E-state index contributed by atoms with van der Waals surface area (Å²) in [7, 11) is 0. The number of rotatable bonds is 2. The molecule has 4 heteroatoms. The van der Waals surface area contributed by atoms with Crippen LogP contribution in [0.1, 0.15) is 19.4 Å². The van der Waals surface area contributed by atoms with Gasteiger partial charge in [0.05, 0.1) is 5.41 Å². The molecule has 16 heavy (non-hydrogen) atoms. The number of benzene rings is 1. The summed E-state index contributed by atoms with van der Waals surface area (Å²) in [4.78, 5) is 12.2. The largest absolute Gasteiger partial charge is 0.508 e. The second-order valence-corrected chi connectivity index (χ2v) is 5.87. The van der Waals surface area contributed by atoms with E-state index >= 15 is 0 Å². The van der Waals surface area contributed by atoms with Crippen molar-refractivity contribution in [3.05, 3.63) is 23.8 Å². The molecule has 0 aliphatic carbocycles. The number of thioether (sulfide) groups is 1. The lowest BCUT2D eigenvalue weighted by Gasteiger charge is -2.25. The number of aliphatic carboxylic acids is 1. The molecule has 1 aromatic rings. The Bertz CT molecular complexity index is 440. The molecule has 1 atom stereocenters. The quantitative estimate of drug-likeness (QED) is 0.831. The monoisotopic (exact) mass is 238 g/mol. The van der Waals surface area contributed by atoms with Crippen molar-refractivity contribution in [2.45, 2.75) is 30.4 Å². The van der Waals surface area contributed by atoms with Gasteiger partial charge in [0.15, 0.2) is 0 Å². The fourth-order valence-electron chi connectivity index (χ4n) is 1.78. The highest BCUT2D eigenvalue weighted by Gasteiger charge is 2.40. The van der Waals surface area contributed by atoms with Gasteiger partial charge < -0.3 is 10.2 Å². The summed E-state index contributed by atoms with van der Waals surface area (Å²) in [6.07, 6.45) is 0.702. The van der Waals surface area contributed by atoms with Crippen molar-refractivity contribution >= 4 is 17.7 Å². The van der Waals surface area contributed by atoms with E-state index in [1.165, 1.54) is 0 Å². The van der Waals surface area contributed by atoms with Crippen LogP contribution in [0.3, 0.4) is 0 Å². The average Bonchev–Trinajstić information content (AvgIpc) is 2.60. The Labute approximate surface area is 98.5 Å². The molecule has 1 aliphatic heterocycles. The van der Waals surface area contributed by atoms with Gasteiger partial charge in [0.1, 0.15) is 5.75 Å². The first-order valence-electron chi connectivity index (χ1n) is 5.13. The highest BCUT2D eigenvalue weighted by molar-refractivity contribution is 8.00. The van der Waals surface area contributed by atoms with Crippen molar-refractivity contribution in [2.24, 2.45) is 5.41 Å². The Morgan fingerprint density at radius 1 is 1.50 bits per heavy atom. The Balaban J connectivity index is 2.26. The van der Waals surface area contributed by atoms with Crippen LogP contribution >= 0.6 is 11.8 Å². The van der Waals surface area contributed by atoms with Crippen LogP contribution in [0, 0.1) is 5.41 Å². The molecule has 1 unspecified atom stereocenters. The molecule has 0 bridgehead atoms. The molecule has 2 N–H and O–H groups in total. The lowest BCUT2D eigenvalue weighted by molar-refractivity contribution is -0.146. The van der Waals surface area contributed by atoms with Gasteiger partial charge in [-0.25, -0.2) is 0 Å². The number of phenolic OH excluding ortho intramolecular Hbond substituents is 1. The summed E-state index contributed by atoms with van der Waals surface area (Å²) in [6, 6.07) is 5.22. The van der Waals surface area contributed by atoms with E-state index in [0.29, 0.717) is 6.42 Å². The van der Waals surface area contributed by atoms with Crippen LogP contribution in [0.2, 0.25) is 0 Å². The molecule has 0 radical (unpaired) electrons. The van der Waals surface area contributed by atoms with E-state index < -0.39 is 11.4 Å². The number of hydrogen-bond donors (Lipinski definition) is 2. The van der Waals surface area contributed by atoms with Gasteiger partial charge in [-0.2, -0.15) is 0 Å². The van der Waals surface area contributed by atoms with Gasteiger partial charge in [-0.3, -0.25) is 4.79 Å². The normalized spacial score (nSPS) is 19.5. The van der Waals surface area contributed by atoms with Gasteiger partial charge in [-0.15, -0.1) is 11.8 Å². The van der Waals surface area contributed by atoms with Crippen molar-refractivity contribution in [2.75, 3.05) is 0 Å². The zero-order chi connectivity index (χ0) is 11.9. The number of carbonyl (C=O) groups is 1. The van der Waals surface area contributed by atoms with Crippen molar-refractivity contribution in [3.63, 3.8) is 0 Å². The first-order chi connectivity index (χ1) is 7.41. The van der Waals surface area contributed by atoms with E-state index in [-0.39, 0.29) is 11.0 Å². The van der Waals surface area contributed by atoms with Crippen molar-refractivity contribution in [1.82, 2.24) is 0 Å². The number of phenols is 1. The summed E-state index contributed by atoms with van der Waals surface area (Å²) < 4.78 is 0. The maximum absolute atomic E-state index is 11.2. The van der Waals surface area contributed by atoms with Crippen LogP contribution in [-0.4, -0.2) is 21.4 Å². The molecular weight excluding hydrogens is 224 g/mol. The molecular formula is C12H14O3S. The summed E-state index contributed by atoms with van der Waals surface area (Å²) >= 11 is 1.59. The Morgan fingerprint density at radius 3 is 2.81 bits per heavy atom. The van der Waals surface area contributed by atoms with Crippen LogP contribution in [0.15, 0.2) is 23.1 Å². The predicted octanol–water partition coefficient (Wildman–Crippen LogP) is 2.52. The summed E-state index contributed by atoms with van der Waals surface area (Å²) in [5, 5.41) is 18.6. The smallest absolute Gasteiger partial charge is 0.310 e. The third kappa shape index (κ3) is 1.78. The van der Waals surface area contributed by atoms with Gasteiger partial charge in [-0.05, 0) is 44.0 Å². The number of aromatic hydroxyl groups is 1. The highest BCUT2D eigenvalue weighted by atomic mass is 32.2. The van der Waals surface area contributed by atoms with Crippen LogP contribution in [0.4, 0.5) is 0 Å². The fourth-order valence-corrected chi connectivity index (χ4v) is 3.18. The molecule has 86 valence electrons. The van der Waals surface area contributed by atoms with E-state index in [0.717, 1.165) is 10.5 Å². The minimum absolute atomic E-state index is 0.0294. The Morgan fingerprint density at radius 2 is 2.19 bits per heavy atom. The van der Waals surface area contributed by atoms with Gasteiger partial charge in [0.25, 0.3) is 0 Å². The molecule has 1 heterocycles. The van der Waals surface area contributed by atoms with Gasteiger partial charge in [0.2, 0.25) is 0 Å². The molecule has 2 rings (SSSR count). The molecule has 3 nitrogen and oxygen atoms in total. The van der Waals surface area contributed by atoms with E-state index in [4.69, 9.17) is 0 Å². The van der Waals surface area contributed by atoms with Crippen LogP contribution < -0.4 is 0 Å². The summed E-state index contributed by atoms with van der Waals surface area (Å²) in [5.41, 5.74) is 0.295. The molecule has 0 saturated carbocycles. The van der Waals surface area contributed by atoms with Gasteiger partial charge >= 0.3 is 5.97 Å². The minimum Gasteiger partial charge on any atom is -0.508 e. The molecule has 1 aliphatic rings. The first-order valence-corrected chi connectivity index (χ1v) is 6.01. The second kappa shape index (κ2) is 3.70. The van der Waals surface area contributed by atoms with E-state index in [2.05, 4.69) is 0 Å². The molecule has 0 fully saturated rings. The SMILES string of the molecule is CC(C)(C(=O)O)C1Cc2cc(O)ccc2S1. The summed E-state index contributed by atoms with van der Waals surface area (Å²) in [6.45, 7) is 3.50. The highest BCUT2D eigenvalue weighted by Crippen LogP contribution is 2.46. The fraction of sp³-hybridized carbons (Fsp3) is 0.417. The van der Waals surface area contributed by atoms with Crippen LogP contribution in [-0.2, 0) is 11.2 Å². The molecule has 1 aromatic carbocycles. The third-order valence-corrected chi connectivity index (χ3v) is 4.77. The number of carboxylic acid groups (broad SMARTS) is 1. The zero-order valence-corrected chi connectivity index (χ0v) is 10.0. The number of hydrogen-bond acceptors (Lipinski definition) is 3. The van der Waals surface area contributed by atoms with E-state index in [1.807, 2.05) is 6.07 Å². The van der Waals surface area contributed by atoms with Crippen molar-refractivity contribution in [3.8, 4) is 5.75 Å². The van der Waals surface area contributed by atoms with Crippen molar-refractivity contribution in [1.29, 1.82) is 0 Å². The van der Waals surface area contributed by atoms with Crippen LogP contribution in [0.5, 0.6) is 5.75 Å². The molecule has 0 spiro atoms. The predicted molar refractivity (Wildman–Crippen MR) is 62.9 cm³/mol. The average molecular weight is 238 g/mol. The standard InChI is InChI=1S/C12H14O3S/c1-12(2,11(14)15)10-6-7-5-8(13)3-4-9(7)16-10/h3-5,10,13H,6H2,1-2H3,(H,14,15). The molecule has 0 amide bonds. The first kappa shape index (κ1) is 11.3. The van der Waals surface area contributed by atoms with E-state index in [1.54, 1.807) is 37.7 Å². The topological polar surface area (TPSA) is 57.5 Å². The van der Waals surface area contributed by atoms with E-state index in [9.17, 15) is 15.0 Å². The maximum atomic E-state index is 11.2. The number of fused-ring (bicyclic) bond motifs is 1. The molecule has 0 saturated heterocycles.